The van der Waals surface area contributed by atoms with Crippen molar-refractivity contribution in [3.63, 3.8) is 0 Å². The number of carbonyl (C=O) groups is 3. The summed E-state index contributed by atoms with van der Waals surface area (Å²) < 4.78 is 0. The molecule has 1 heterocycles. The van der Waals surface area contributed by atoms with Crippen LogP contribution in [0.1, 0.15) is 47.2 Å². The minimum Gasteiger partial charge on any atom is -0.481 e. The fraction of sp³-hybridized carbons (Fsp3) is 0.281. The first-order valence-electron chi connectivity index (χ1n) is 13.1. The molecular formula is C32H33NO6. The molecule has 7 nitrogen and oxygen atoms in total. The van der Waals surface area contributed by atoms with Crippen LogP contribution >= 0.6 is 0 Å². The largest absolute Gasteiger partial charge is 0.481 e. The Kier molecular flexibility index (Phi) is 9.07. The molecule has 0 unspecified atom stereocenters. The maximum absolute atomic E-state index is 12.9. The van der Waals surface area contributed by atoms with Gasteiger partial charge < -0.3 is 20.3 Å². The number of aromatic nitrogens is 1. The van der Waals surface area contributed by atoms with Crippen molar-refractivity contribution in [1.29, 1.82) is 0 Å². The van der Waals surface area contributed by atoms with Crippen molar-refractivity contribution in [1.82, 2.24) is 4.98 Å². The van der Waals surface area contributed by atoms with Gasteiger partial charge in [-0.25, -0.2) is 0 Å². The Morgan fingerprint density at radius 2 is 1.44 bits per heavy atom. The van der Waals surface area contributed by atoms with E-state index in [4.69, 9.17) is 0 Å². The summed E-state index contributed by atoms with van der Waals surface area (Å²) in [5.41, 5.74) is 3.02. The molecule has 0 saturated carbocycles. The van der Waals surface area contributed by atoms with E-state index >= 15 is 0 Å². The summed E-state index contributed by atoms with van der Waals surface area (Å²) in [4.78, 5) is 40.9. The number of rotatable bonds is 14. The molecule has 0 aliphatic heterocycles. The molecule has 0 aliphatic rings. The lowest BCUT2D eigenvalue weighted by molar-refractivity contribution is -0.204. The third-order valence-electron chi connectivity index (χ3n) is 7.24. The van der Waals surface area contributed by atoms with E-state index in [2.05, 4.69) is 4.98 Å². The smallest absolute Gasteiger partial charge is 0.307 e. The van der Waals surface area contributed by atoms with E-state index in [0.717, 1.165) is 22.0 Å². The van der Waals surface area contributed by atoms with Gasteiger partial charge in [0, 0.05) is 54.3 Å². The summed E-state index contributed by atoms with van der Waals surface area (Å²) in [6, 6.07) is 25.4. The van der Waals surface area contributed by atoms with Crippen LogP contribution in [0.2, 0.25) is 0 Å². The highest BCUT2D eigenvalue weighted by atomic mass is 16.5. The molecule has 0 fully saturated rings. The summed E-state index contributed by atoms with van der Waals surface area (Å²) in [7, 11) is 0. The molecule has 0 spiro atoms. The predicted molar refractivity (Wildman–Crippen MR) is 148 cm³/mol. The van der Waals surface area contributed by atoms with Crippen LogP contribution in [0.4, 0.5) is 0 Å². The fourth-order valence-electron chi connectivity index (χ4n) is 4.98. The third kappa shape index (κ3) is 7.50. The van der Waals surface area contributed by atoms with Crippen LogP contribution in [-0.4, -0.2) is 43.6 Å². The number of nitrogens with one attached hydrogen (secondary N) is 1. The Labute approximate surface area is 227 Å². The number of carbonyl (C=O) groups excluding carboxylic acids is 2. The van der Waals surface area contributed by atoms with Crippen molar-refractivity contribution >= 4 is 28.4 Å². The second kappa shape index (κ2) is 12.7. The topological polar surface area (TPSA) is 128 Å². The second-order valence-corrected chi connectivity index (χ2v) is 10.1. The molecule has 0 radical (unpaired) electrons. The Bertz CT molecular complexity index is 1410. The molecule has 2 atom stereocenters. The molecule has 3 aromatic carbocycles. The average Bonchev–Trinajstić information content (AvgIpc) is 3.35. The van der Waals surface area contributed by atoms with Crippen molar-refractivity contribution in [2.45, 2.75) is 44.3 Å². The zero-order valence-corrected chi connectivity index (χ0v) is 21.6. The number of benzene rings is 3. The molecule has 4 rings (SSSR count). The van der Waals surface area contributed by atoms with Crippen molar-refractivity contribution in [3.8, 4) is 0 Å². The normalized spacial score (nSPS) is 13.2. The monoisotopic (exact) mass is 527 g/mol. The molecule has 4 aromatic rings. The number of carboxylic acid groups (broad SMARTS) is 1. The van der Waals surface area contributed by atoms with Crippen molar-refractivity contribution in [3.05, 3.63) is 108 Å². The number of hydrogen-bond donors (Lipinski definition) is 4. The number of Topliss-reactive ketones (excluding diaryl/α,β-unsaturated/α-hetero) is 2. The number of hydrogen-bond acceptors (Lipinski definition) is 5. The van der Waals surface area contributed by atoms with Gasteiger partial charge in [0.15, 0.2) is 11.6 Å². The first kappa shape index (κ1) is 28.0. The highest BCUT2D eigenvalue weighted by molar-refractivity contribution is 5.96. The van der Waals surface area contributed by atoms with E-state index in [1.54, 1.807) is 36.5 Å². The van der Waals surface area contributed by atoms with E-state index in [1.807, 2.05) is 54.6 Å². The standard InChI is InChI=1S/C32H33NO6/c34-27(19-24(31(36)37)18-25-21-33-29-14-8-7-13-28(25)29)15-16-32(38,39)26(17-22-9-3-1-4-10-22)20-30(35)23-11-5-2-6-12-23/h1-14,21,24,26,33,38-39H,15-20H2,(H,36,37)/t24-,26-/m1/s1. The Balaban J connectivity index is 1.42. The summed E-state index contributed by atoms with van der Waals surface area (Å²) in [6.45, 7) is 0. The van der Waals surface area contributed by atoms with E-state index in [9.17, 15) is 29.7 Å². The summed E-state index contributed by atoms with van der Waals surface area (Å²) >= 11 is 0. The molecule has 4 N–H and O–H groups in total. The molecule has 0 bridgehead atoms. The maximum Gasteiger partial charge on any atom is 0.307 e. The number of H-pyrrole nitrogens is 1. The summed E-state index contributed by atoms with van der Waals surface area (Å²) in [5.74, 6) is -5.78. The Morgan fingerprint density at radius 1 is 0.795 bits per heavy atom. The first-order valence-corrected chi connectivity index (χ1v) is 13.1. The van der Waals surface area contributed by atoms with Gasteiger partial charge in [-0.3, -0.25) is 14.4 Å². The molecule has 0 saturated heterocycles. The first-order chi connectivity index (χ1) is 18.7. The van der Waals surface area contributed by atoms with Crippen LogP contribution in [0, 0.1) is 11.8 Å². The Hall–Kier alpha value is -4.07. The van der Waals surface area contributed by atoms with E-state index in [1.165, 1.54) is 0 Å². The van der Waals surface area contributed by atoms with Gasteiger partial charge >= 0.3 is 5.97 Å². The quantitative estimate of drug-likeness (QED) is 0.136. The maximum atomic E-state index is 12.9. The average molecular weight is 528 g/mol. The highest BCUT2D eigenvalue weighted by Crippen LogP contribution is 2.30. The van der Waals surface area contributed by atoms with Crippen LogP contribution in [0.25, 0.3) is 10.9 Å². The number of ketones is 2. The molecule has 0 aliphatic carbocycles. The highest BCUT2D eigenvalue weighted by Gasteiger charge is 2.37. The van der Waals surface area contributed by atoms with Gasteiger partial charge in [-0.1, -0.05) is 78.9 Å². The minimum atomic E-state index is -2.30. The number of para-hydroxylation sites is 1. The van der Waals surface area contributed by atoms with E-state index in [-0.39, 0.29) is 50.1 Å². The number of aliphatic hydroxyl groups is 2. The lowest BCUT2D eigenvalue weighted by Crippen LogP contribution is -2.41. The SMILES string of the molecule is O=C(CCC(O)(O)[C@@H](CC(=O)c1ccccc1)Cc1ccccc1)C[C@@H](Cc1c[nH]c2ccccc12)C(=O)O. The van der Waals surface area contributed by atoms with Gasteiger partial charge in [0.25, 0.3) is 0 Å². The minimum absolute atomic E-state index is 0.113. The van der Waals surface area contributed by atoms with Crippen LogP contribution < -0.4 is 0 Å². The molecular weight excluding hydrogens is 494 g/mol. The lowest BCUT2D eigenvalue weighted by Gasteiger charge is -2.31. The second-order valence-electron chi connectivity index (χ2n) is 10.1. The van der Waals surface area contributed by atoms with Gasteiger partial charge in [0.05, 0.1) is 5.92 Å². The number of fused-ring (bicyclic) bond motifs is 1. The van der Waals surface area contributed by atoms with Crippen LogP contribution in [-0.2, 0) is 22.4 Å². The summed E-state index contributed by atoms with van der Waals surface area (Å²) in [6.07, 6.45) is 1.32. The third-order valence-corrected chi connectivity index (χ3v) is 7.24. The summed E-state index contributed by atoms with van der Waals surface area (Å²) in [5, 5.41) is 32.9. The van der Waals surface area contributed by atoms with Gasteiger partial charge in [-0.2, -0.15) is 0 Å². The van der Waals surface area contributed by atoms with Gasteiger partial charge in [-0.05, 0) is 30.0 Å². The van der Waals surface area contributed by atoms with Crippen LogP contribution in [0.5, 0.6) is 0 Å². The molecule has 1 aromatic heterocycles. The van der Waals surface area contributed by atoms with Crippen molar-refractivity contribution in [2.75, 3.05) is 0 Å². The molecule has 202 valence electrons. The molecule has 39 heavy (non-hydrogen) atoms. The Morgan fingerprint density at radius 3 is 2.13 bits per heavy atom. The number of carboxylic acids is 1. The molecule has 0 amide bonds. The number of aliphatic carboxylic acids is 1. The number of aromatic amines is 1. The predicted octanol–water partition coefficient (Wildman–Crippen LogP) is 4.96. The van der Waals surface area contributed by atoms with Gasteiger partial charge in [-0.15, -0.1) is 0 Å². The van der Waals surface area contributed by atoms with Crippen molar-refractivity contribution in [2.24, 2.45) is 11.8 Å². The fourth-order valence-corrected chi connectivity index (χ4v) is 4.98. The van der Waals surface area contributed by atoms with Gasteiger partial charge in [0.1, 0.15) is 5.78 Å². The van der Waals surface area contributed by atoms with Crippen LogP contribution in [0.3, 0.4) is 0 Å². The lowest BCUT2D eigenvalue weighted by atomic mass is 9.82. The van der Waals surface area contributed by atoms with Crippen molar-refractivity contribution < 1.29 is 29.7 Å². The van der Waals surface area contributed by atoms with Gasteiger partial charge in [0.2, 0.25) is 0 Å². The van der Waals surface area contributed by atoms with Crippen LogP contribution in [0.15, 0.2) is 91.1 Å². The zero-order chi connectivity index (χ0) is 27.8. The molecule has 7 heteroatoms. The van der Waals surface area contributed by atoms with E-state index < -0.39 is 23.6 Å². The zero-order valence-electron chi connectivity index (χ0n) is 21.6. The van der Waals surface area contributed by atoms with E-state index in [0.29, 0.717) is 5.56 Å².